The molecule has 9 nitrogen and oxygen atoms in total. The molecule has 25 heavy (non-hydrogen) atoms. The van der Waals surface area contributed by atoms with Crippen LogP contribution >= 0.6 is 0 Å². The van der Waals surface area contributed by atoms with Crippen LogP contribution in [-0.2, 0) is 38.7 Å². The number of carbonyl (C=O) groups excluding carboxylic acids is 3. The van der Waals surface area contributed by atoms with Gasteiger partial charge in [0.05, 0.1) is 17.8 Å². The van der Waals surface area contributed by atoms with Crippen LogP contribution in [0.25, 0.3) is 0 Å². The molecule has 6 unspecified atom stereocenters. The summed E-state index contributed by atoms with van der Waals surface area (Å²) in [5.74, 6) is -4.84. The quantitative estimate of drug-likeness (QED) is 0.380. The summed E-state index contributed by atoms with van der Waals surface area (Å²) < 4.78 is 45.8. The molecule has 6 atom stereocenters. The lowest BCUT2D eigenvalue weighted by Crippen LogP contribution is -2.44. The molecule has 3 rings (SSSR count). The van der Waals surface area contributed by atoms with Crippen molar-refractivity contribution in [2.45, 2.75) is 32.5 Å². The molecule has 0 aromatic carbocycles. The van der Waals surface area contributed by atoms with Crippen LogP contribution in [0.2, 0.25) is 0 Å². The van der Waals surface area contributed by atoms with Crippen molar-refractivity contribution < 1.29 is 41.6 Å². The highest BCUT2D eigenvalue weighted by atomic mass is 32.2. The minimum atomic E-state index is -4.25. The number of hydrogen-bond acceptors (Lipinski definition) is 8. The van der Waals surface area contributed by atoms with E-state index in [1.54, 1.807) is 13.8 Å². The number of hydrogen-bond donors (Lipinski definition) is 1. The molecule has 1 aliphatic heterocycles. The van der Waals surface area contributed by atoms with Crippen molar-refractivity contribution in [3.8, 4) is 0 Å². The summed E-state index contributed by atoms with van der Waals surface area (Å²) in [6.45, 7) is 2.85. The zero-order valence-corrected chi connectivity index (χ0v) is 14.6. The van der Waals surface area contributed by atoms with E-state index in [-0.39, 0.29) is 11.8 Å². The summed E-state index contributed by atoms with van der Waals surface area (Å²) in [7, 11) is -4.25. The molecule has 3 fully saturated rings. The van der Waals surface area contributed by atoms with Gasteiger partial charge in [0.25, 0.3) is 10.1 Å². The molecule has 2 aliphatic carbocycles. The lowest BCUT2D eigenvalue weighted by Gasteiger charge is -2.30. The minimum absolute atomic E-state index is 0.207. The first-order valence-corrected chi connectivity index (χ1v) is 9.74. The highest BCUT2D eigenvalue weighted by Gasteiger charge is 2.70. The Kier molecular flexibility index (Phi) is 4.52. The lowest BCUT2D eigenvalue weighted by molar-refractivity contribution is -0.168. The fraction of sp³-hybridized carbons (Fsp3) is 0.800. The van der Waals surface area contributed by atoms with Crippen molar-refractivity contribution in [3.63, 3.8) is 0 Å². The maximum Gasteiger partial charge on any atom is 0.310 e. The molecule has 0 aromatic heterocycles. The summed E-state index contributed by atoms with van der Waals surface area (Å²) in [5, 5.41) is 0. The van der Waals surface area contributed by atoms with Crippen LogP contribution in [0.15, 0.2) is 0 Å². The molecule has 2 saturated carbocycles. The number of rotatable bonds is 6. The highest BCUT2D eigenvalue weighted by Crippen LogP contribution is 2.59. The molecule has 0 aromatic rings. The number of ether oxygens (including phenoxy) is 3. The Labute approximate surface area is 144 Å². The highest BCUT2D eigenvalue weighted by molar-refractivity contribution is 7.85. The molecule has 1 N–H and O–H groups in total. The fourth-order valence-corrected chi connectivity index (χ4v) is 4.38. The van der Waals surface area contributed by atoms with Gasteiger partial charge >= 0.3 is 17.9 Å². The van der Waals surface area contributed by atoms with Gasteiger partial charge in [-0.25, -0.2) is 0 Å². The predicted octanol–water partition coefficient (Wildman–Crippen LogP) is -0.207. The first-order chi connectivity index (χ1) is 11.6. The van der Waals surface area contributed by atoms with E-state index in [9.17, 15) is 22.8 Å². The fourth-order valence-electron chi connectivity index (χ4n) is 4.08. The Morgan fingerprint density at radius 1 is 1.32 bits per heavy atom. The summed E-state index contributed by atoms with van der Waals surface area (Å²) in [6.07, 6.45) is -0.719. The summed E-state index contributed by atoms with van der Waals surface area (Å²) in [6, 6.07) is 0. The second kappa shape index (κ2) is 6.24. The molecule has 2 bridgehead atoms. The van der Waals surface area contributed by atoms with E-state index >= 15 is 0 Å². The van der Waals surface area contributed by atoms with Crippen molar-refractivity contribution in [3.05, 3.63) is 0 Å². The van der Waals surface area contributed by atoms with Gasteiger partial charge in [0.15, 0.2) is 0 Å². The van der Waals surface area contributed by atoms with E-state index in [0.717, 1.165) is 0 Å². The van der Waals surface area contributed by atoms with Gasteiger partial charge < -0.3 is 14.2 Å². The van der Waals surface area contributed by atoms with E-state index < -0.39 is 70.3 Å². The maximum absolute atomic E-state index is 12.4. The number of fused-ring (bicyclic) bond motifs is 1. The van der Waals surface area contributed by atoms with Crippen molar-refractivity contribution in [1.82, 2.24) is 0 Å². The van der Waals surface area contributed by atoms with Crippen LogP contribution in [0.3, 0.4) is 0 Å². The first kappa shape index (κ1) is 18.1. The molecule has 10 heteroatoms. The molecular formula is C15H20O9S. The zero-order valence-electron chi connectivity index (χ0n) is 13.8. The average Bonchev–Trinajstić information content (AvgIpc) is 3.08. The second-order valence-electron chi connectivity index (χ2n) is 7.03. The summed E-state index contributed by atoms with van der Waals surface area (Å²) in [5.41, 5.74) is 0. The minimum Gasteiger partial charge on any atom is -0.464 e. The van der Waals surface area contributed by atoms with Crippen molar-refractivity contribution >= 4 is 28.0 Å². The van der Waals surface area contributed by atoms with E-state index in [1.807, 2.05) is 0 Å². The normalized spacial score (nSPS) is 35.8. The maximum atomic E-state index is 12.4. The van der Waals surface area contributed by atoms with Crippen molar-refractivity contribution in [2.75, 3.05) is 12.4 Å². The lowest BCUT2D eigenvalue weighted by atomic mass is 9.78. The number of esters is 3. The van der Waals surface area contributed by atoms with Gasteiger partial charge in [-0.05, 0) is 6.42 Å². The van der Waals surface area contributed by atoms with Crippen LogP contribution in [0.5, 0.6) is 0 Å². The molecule has 1 heterocycles. The molecule has 0 radical (unpaired) electrons. The SMILES string of the molecule is CC(C)C(=O)OC1C2CC3C1OC(=O)C3C2C(=O)OCCS(=O)(=O)O. The summed E-state index contributed by atoms with van der Waals surface area (Å²) >= 11 is 0. The smallest absolute Gasteiger partial charge is 0.310 e. The van der Waals surface area contributed by atoms with Crippen LogP contribution < -0.4 is 0 Å². The van der Waals surface area contributed by atoms with Crippen LogP contribution in [0, 0.1) is 29.6 Å². The van der Waals surface area contributed by atoms with Gasteiger partial charge in [-0.2, -0.15) is 8.42 Å². The van der Waals surface area contributed by atoms with Gasteiger partial charge in [0.2, 0.25) is 0 Å². The van der Waals surface area contributed by atoms with E-state index in [0.29, 0.717) is 6.42 Å². The van der Waals surface area contributed by atoms with Gasteiger partial charge in [-0.15, -0.1) is 0 Å². The Bertz CT molecular complexity index is 698. The number of carbonyl (C=O) groups is 3. The Hall–Kier alpha value is -1.68. The average molecular weight is 376 g/mol. The Morgan fingerprint density at radius 2 is 2.00 bits per heavy atom. The third-order valence-electron chi connectivity index (χ3n) is 5.13. The summed E-state index contributed by atoms with van der Waals surface area (Å²) in [4.78, 5) is 36.4. The molecule has 0 amide bonds. The Balaban J connectivity index is 1.72. The second-order valence-corrected chi connectivity index (χ2v) is 8.60. The van der Waals surface area contributed by atoms with Crippen LogP contribution in [0.1, 0.15) is 20.3 Å². The largest absolute Gasteiger partial charge is 0.464 e. The van der Waals surface area contributed by atoms with Crippen molar-refractivity contribution in [2.24, 2.45) is 29.6 Å². The Morgan fingerprint density at radius 3 is 2.60 bits per heavy atom. The topological polar surface area (TPSA) is 133 Å². The molecule has 140 valence electrons. The monoisotopic (exact) mass is 376 g/mol. The van der Waals surface area contributed by atoms with Crippen LogP contribution in [0.4, 0.5) is 0 Å². The van der Waals surface area contributed by atoms with Crippen LogP contribution in [-0.4, -0.2) is 55.4 Å². The molecular weight excluding hydrogens is 356 g/mol. The van der Waals surface area contributed by atoms with Gasteiger partial charge in [-0.3, -0.25) is 18.9 Å². The van der Waals surface area contributed by atoms with E-state index in [2.05, 4.69) is 0 Å². The molecule has 0 spiro atoms. The first-order valence-electron chi connectivity index (χ1n) is 8.13. The van der Waals surface area contributed by atoms with E-state index in [1.165, 1.54) is 0 Å². The van der Waals surface area contributed by atoms with Gasteiger partial charge in [-0.1, -0.05) is 13.8 Å². The molecule has 3 aliphatic rings. The van der Waals surface area contributed by atoms with E-state index in [4.69, 9.17) is 18.8 Å². The van der Waals surface area contributed by atoms with Gasteiger partial charge in [0.1, 0.15) is 24.6 Å². The zero-order chi connectivity index (χ0) is 18.5. The third-order valence-corrected chi connectivity index (χ3v) is 5.81. The third kappa shape index (κ3) is 3.24. The predicted molar refractivity (Wildman–Crippen MR) is 80.5 cm³/mol. The van der Waals surface area contributed by atoms with Gasteiger partial charge in [0, 0.05) is 11.8 Å². The van der Waals surface area contributed by atoms with Crippen molar-refractivity contribution in [1.29, 1.82) is 0 Å². The molecule has 1 saturated heterocycles. The standard InChI is InChI=1S/C15H20O9S/c1-6(2)13(16)23-11-7-5-8-10(15(18)24-12(8)11)9(7)14(17)22-3-4-25(19,20)21/h6-12H,3-5H2,1-2H3,(H,19,20,21).